The Morgan fingerprint density at radius 3 is 2.70 bits per heavy atom. The summed E-state index contributed by atoms with van der Waals surface area (Å²) < 4.78 is 6.12. The molecule has 0 bridgehead atoms. The first-order valence-corrected chi connectivity index (χ1v) is 8.33. The minimum Gasteiger partial charge on any atom is -0.473 e. The number of hydrazine groups is 1. The lowest BCUT2D eigenvalue weighted by Gasteiger charge is -2.38. The predicted molar refractivity (Wildman–Crippen MR) is 93.0 cm³/mol. The number of ether oxygens (including phenoxy) is 1. The lowest BCUT2D eigenvalue weighted by Crippen LogP contribution is -2.48. The number of hydrogen-bond donors (Lipinski definition) is 1. The first kappa shape index (κ1) is 14.6. The molecule has 2 aromatic rings. The van der Waals surface area contributed by atoms with E-state index in [9.17, 15) is 0 Å². The molecule has 2 aliphatic heterocycles. The quantitative estimate of drug-likeness (QED) is 0.867. The Hall–Kier alpha value is -1.97. The van der Waals surface area contributed by atoms with Gasteiger partial charge in [-0.05, 0) is 43.2 Å². The molecule has 2 atom stereocenters. The van der Waals surface area contributed by atoms with E-state index in [4.69, 9.17) is 16.3 Å². The van der Waals surface area contributed by atoms with Crippen molar-refractivity contribution in [1.82, 2.24) is 10.4 Å². The largest absolute Gasteiger partial charge is 0.473 e. The van der Waals surface area contributed by atoms with E-state index in [1.165, 1.54) is 11.1 Å². The predicted octanol–water partition coefficient (Wildman–Crippen LogP) is 4.68. The lowest BCUT2D eigenvalue weighted by molar-refractivity contribution is -0.0320. The molecule has 0 saturated heterocycles. The van der Waals surface area contributed by atoms with Crippen LogP contribution in [0.1, 0.15) is 36.1 Å². The fourth-order valence-electron chi connectivity index (χ4n) is 3.21. The van der Waals surface area contributed by atoms with Gasteiger partial charge < -0.3 is 10.2 Å². The minimum absolute atomic E-state index is 0.00729. The van der Waals surface area contributed by atoms with Crippen molar-refractivity contribution in [3.8, 4) is 5.75 Å². The molecule has 0 unspecified atom stereocenters. The summed E-state index contributed by atoms with van der Waals surface area (Å²) in [6, 6.07) is 14.5. The van der Waals surface area contributed by atoms with Crippen molar-refractivity contribution >= 4 is 17.3 Å². The summed E-state index contributed by atoms with van der Waals surface area (Å²) in [5.74, 6) is 0.922. The number of benzene rings is 2. The molecule has 3 nitrogen and oxygen atoms in total. The van der Waals surface area contributed by atoms with Crippen LogP contribution in [0.25, 0.3) is 5.70 Å². The SMILES string of the molecule is CC[C@H]1Oc2ccc(Cl)cc2[C@@H]2C=C(c3ccc(C)cc3)NN12. The van der Waals surface area contributed by atoms with Crippen molar-refractivity contribution in [1.29, 1.82) is 0 Å². The van der Waals surface area contributed by atoms with E-state index >= 15 is 0 Å². The molecule has 0 fully saturated rings. The van der Waals surface area contributed by atoms with Crippen LogP contribution >= 0.6 is 11.6 Å². The Bertz CT molecular complexity index is 769. The van der Waals surface area contributed by atoms with Crippen LogP contribution in [0, 0.1) is 6.92 Å². The zero-order valence-electron chi connectivity index (χ0n) is 13.2. The number of aryl methyl sites for hydroxylation is 1. The molecule has 2 heterocycles. The van der Waals surface area contributed by atoms with E-state index in [2.05, 4.69) is 54.6 Å². The maximum Gasteiger partial charge on any atom is 0.169 e. The van der Waals surface area contributed by atoms with Crippen molar-refractivity contribution in [3.63, 3.8) is 0 Å². The van der Waals surface area contributed by atoms with Gasteiger partial charge in [0.2, 0.25) is 0 Å². The maximum absolute atomic E-state index is 6.19. The summed E-state index contributed by atoms with van der Waals surface area (Å²) in [4.78, 5) is 0. The number of nitrogens with one attached hydrogen (secondary N) is 1. The maximum atomic E-state index is 6.19. The first-order valence-electron chi connectivity index (χ1n) is 7.95. The Morgan fingerprint density at radius 2 is 1.96 bits per heavy atom. The molecule has 0 radical (unpaired) electrons. The van der Waals surface area contributed by atoms with E-state index in [1.807, 2.05) is 18.2 Å². The molecule has 2 aromatic carbocycles. The van der Waals surface area contributed by atoms with Crippen LogP contribution < -0.4 is 10.2 Å². The Kier molecular flexibility index (Phi) is 3.55. The molecule has 23 heavy (non-hydrogen) atoms. The van der Waals surface area contributed by atoms with Gasteiger partial charge >= 0.3 is 0 Å². The van der Waals surface area contributed by atoms with Gasteiger partial charge in [-0.15, -0.1) is 0 Å². The summed E-state index contributed by atoms with van der Waals surface area (Å²) in [7, 11) is 0. The van der Waals surface area contributed by atoms with Gasteiger partial charge in [0.15, 0.2) is 6.23 Å². The highest BCUT2D eigenvalue weighted by Gasteiger charge is 2.38. The number of fused-ring (bicyclic) bond motifs is 3. The fraction of sp³-hybridized carbons (Fsp3) is 0.263. The van der Waals surface area contributed by atoms with Gasteiger partial charge in [-0.3, -0.25) is 0 Å². The van der Waals surface area contributed by atoms with E-state index in [-0.39, 0.29) is 12.3 Å². The van der Waals surface area contributed by atoms with E-state index < -0.39 is 0 Å². The molecular formula is C19H19ClN2O. The molecular weight excluding hydrogens is 308 g/mol. The van der Waals surface area contributed by atoms with E-state index in [1.54, 1.807) is 0 Å². The van der Waals surface area contributed by atoms with Crippen LogP contribution in [0.4, 0.5) is 0 Å². The topological polar surface area (TPSA) is 24.5 Å². The standard InChI is InChI=1S/C19H19ClN2O/c1-3-19-22-17(15-10-14(20)8-9-18(15)23-19)11-16(21-22)13-6-4-12(2)5-7-13/h4-11,17,19,21H,3H2,1-2H3/t17-,19+/m0/s1. The molecule has 2 aliphatic rings. The first-order chi connectivity index (χ1) is 11.2. The van der Waals surface area contributed by atoms with Gasteiger partial charge in [-0.2, -0.15) is 5.01 Å². The van der Waals surface area contributed by atoms with E-state index in [0.717, 1.165) is 28.5 Å². The highest BCUT2D eigenvalue weighted by Crippen LogP contribution is 2.42. The molecule has 0 aromatic heterocycles. The van der Waals surface area contributed by atoms with Crippen LogP contribution in [0.2, 0.25) is 5.02 Å². The normalized spacial score (nSPS) is 22.7. The molecule has 0 spiro atoms. The zero-order valence-corrected chi connectivity index (χ0v) is 14.0. The lowest BCUT2D eigenvalue weighted by atomic mass is 10.0. The van der Waals surface area contributed by atoms with E-state index in [0.29, 0.717) is 0 Å². The highest BCUT2D eigenvalue weighted by molar-refractivity contribution is 6.30. The van der Waals surface area contributed by atoms with Crippen molar-refractivity contribution < 1.29 is 4.74 Å². The van der Waals surface area contributed by atoms with Crippen LogP contribution in [0.15, 0.2) is 48.5 Å². The van der Waals surface area contributed by atoms with Gasteiger partial charge in [-0.1, -0.05) is 48.4 Å². The third-order valence-electron chi connectivity index (χ3n) is 4.45. The third-order valence-corrected chi connectivity index (χ3v) is 4.68. The van der Waals surface area contributed by atoms with Crippen LogP contribution in [0.5, 0.6) is 5.75 Å². The molecule has 0 saturated carbocycles. The van der Waals surface area contributed by atoms with Crippen molar-refractivity contribution in [2.24, 2.45) is 0 Å². The summed E-state index contributed by atoms with van der Waals surface area (Å²) in [6.07, 6.45) is 3.17. The molecule has 0 aliphatic carbocycles. The summed E-state index contributed by atoms with van der Waals surface area (Å²) >= 11 is 6.19. The average molecular weight is 327 g/mol. The van der Waals surface area contributed by atoms with Crippen LogP contribution in [0.3, 0.4) is 0 Å². The van der Waals surface area contributed by atoms with Gasteiger partial charge in [0.05, 0.1) is 11.7 Å². The Balaban J connectivity index is 1.76. The molecule has 4 heteroatoms. The number of rotatable bonds is 2. The number of halogens is 1. The summed E-state index contributed by atoms with van der Waals surface area (Å²) in [6.45, 7) is 4.23. The smallest absolute Gasteiger partial charge is 0.169 e. The summed E-state index contributed by atoms with van der Waals surface area (Å²) in [5.41, 5.74) is 8.18. The molecule has 118 valence electrons. The van der Waals surface area contributed by atoms with Gasteiger partial charge in [0.25, 0.3) is 0 Å². The van der Waals surface area contributed by atoms with Crippen LogP contribution in [-0.4, -0.2) is 11.2 Å². The second-order valence-electron chi connectivity index (χ2n) is 6.07. The minimum atomic E-state index is 0.00729. The monoisotopic (exact) mass is 326 g/mol. The van der Waals surface area contributed by atoms with Crippen molar-refractivity contribution in [3.05, 3.63) is 70.3 Å². The second-order valence-corrected chi connectivity index (χ2v) is 6.51. The average Bonchev–Trinajstić information content (AvgIpc) is 3.00. The van der Waals surface area contributed by atoms with Gasteiger partial charge in [-0.25, -0.2) is 0 Å². The summed E-state index contributed by atoms with van der Waals surface area (Å²) in [5, 5.41) is 2.91. The molecule has 4 rings (SSSR count). The number of nitrogens with zero attached hydrogens (tertiary/aromatic N) is 1. The fourth-order valence-corrected chi connectivity index (χ4v) is 3.39. The van der Waals surface area contributed by atoms with Crippen LogP contribution in [-0.2, 0) is 0 Å². The second kappa shape index (κ2) is 5.59. The Labute approximate surface area is 141 Å². The third kappa shape index (κ3) is 2.50. The highest BCUT2D eigenvalue weighted by atomic mass is 35.5. The van der Waals surface area contributed by atoms with Crippen molar-refractivity contribution in [2.45, 2.75) is 32.5 Å². The Morgan fingerprint density at radius 1 is 1.17 bits per heavy atom. The van der Waals surface area contributed by atoms with Gasteiger partial charge in [0.1, 0.15) is 5.75 Å². The molecule has 1 N–H and O–H groups in total. The van der Waals surface area contributed by atoms with Crippen molar-refractivity contribution in [2.75, 3.05) is 0 Å². The zero-order chi connectivity index (χ0) is 16.0. The molecule has 0 amide bonds. The number of hydrogen-bond acceptors (Lipinski definition) is 3. The van der Waals surface area contributed by atoms with Gasteiger partial charge in [0, 0.05) is 10.6 Å².